The van der Waals surface area contributed by atoms with Crippen molar-refractivity contribution in [3.63, 3.8) is 0 Å². The molecule has 0 saturated carbocycles. The highest BCUT2D eigenvalue weighted by Crippen LogP contribution is 2.58. The molecule has 0 N–H and O–H groups in total. The van der Waals surface area contributed by atoms with Crippen LogP contribution in [-0.2, 0) is 48.7 Å². The van der Waals surface area contributed by atoms with Crippen LogP contribution in [-0.4, -0.2) is 6.71 Å². The Bertz CT molecular complexity index is 5640. The largest absolute Gasteiger partial charge is 0.310 e. The summed E-state index contributed by atoms with van der Waals surface area (Å²) in [6, 6.07) is 101. The highest BCUT2D eigenvalue weighted by atomic mass is 15.2. The molecular formula is C116H123BN4. The van der Waals surface area contributed by atoms with Gasteiger partial charge in [0.15, 0.2) is 5.69 Å². The third-order valence-electron chi connectivity index (χ3n) is 25.4. The second kappa shape index (κ2) is 30.3. The van der Waals surface area contributed by atoms with Crippen molar-refractivity contribution in [1.82, 2.24) is 0 Å². The van der Waals surface area contributed by atoms with Gasteiger partial charge in [-0.05, 0) is 249 Å². The predicted octanol–water partition coefficient (Wildman–Crippen LogP) is 31.2. The maximum Gasteiger partial charge on any atom is 0.252 e. The first-order valence-corrected chi connectivity index (χ1v) is 43.7. The van der Waals surface area contributed by atoms with Crippen molar-refractivity contribution in [3.8, 4) is 95.1 Å². The molecule has 0 atom stereocenters. The quantitative estimate of drug-likeness (QED) is 0.101. The molecule has 0 radical (unpaired) electrons. The topological polar surface area (TPSA) is 34.6 Å². The summed E-state index contributed by atoms with van der Waals surface area (Å²) in [5.41, 5.74) is 37.7. The number of benzene rings is 13. The summed E-state index contributed by atoms with van der Waals surface area (Å²) in [6.07, 6.45) is 0. The zero-order valence-corrected chi connectivity index (χ0v) is 77.1. The van der Waals surface area contributed by atoms with Gasteiger partial charge in [-0.2, -0.15) is 5.26 Å². The molecule has 610 valence electrons. The van der Waals surface area contributed by atoms with Crippen molar-refractivity contribution in [1.29, 1.82) is 5.26 Å². The number of nitrogens with zero attached hydrogens (tertiary/aromatic N) is 4. The zero-order chi connectivity index (χ0) is 87.1. The first-order chi connectivity index (χ1) is 56.5. The molecule has 0 bridgehead atoms. The van der Waals surface area contributed by atoms with Crippen LogP contribution < -0.4 is 26.2 Å². The number of anilines is 6. The van der Waals surface area contributed by atoms with Crippen molar-refractivity contribution in [2.75, 3.05) is 9.80 Å². The highest BCUT2D eigenvalue weighted by Gasteiger charge is 2.47. The third-order valence-corrected chi connectivity index (χ3v) is 25.4. The SMILES string of the molecule is [C-]#[N+]c1cccc(-c2cc(-c3cc(C(C)(C)C)cc(C(C)(C)C)c3)c(N3c4ccc(-c5ccccc5)cc4B4c5cc(-c6ccccc6)ccc5N(c5c(-c6cc(C(C)(C)C)cc(C(C)(C)C)c6)cc(-c6cccc(C#N)c6)cc5-c5cc(C(C)(C)C)cc(C(C)(C)C)c5)c5cc(C(C)(C)C)cc3c54)c(-c3cc(C(C)(C)C)cc(C(C)(C)C)c3)c2)c1. The van der Waals surface area contributed by atoms with E-state index in [0.717, 1.165) is 123 Å². The van der Waals surface area contributed by atoms with E-state index in [1.807, 2.05) is 18.2 Å². The van der Waals surface area contributed by atoms with Crippen molar-refractivity contribution >= 4 is 62.9 Å². The van der Waals surface area contributed by atoms with Gasteiger partial charge in [0.1, 0.15) is 0 Å². The van der Waals surface area contributed by atoms with E-state index in [9.17, 15) is 5.26 Å². The minimum absolute atomic E-state index is 0.237. The van der Waals surface area contributed by atoms with Gasteiger partial charge < -0.3 is 9.80 Å². The fraction of sp³-hybridized carbons (Fsp3) is 0.310. The second-order valence-corrected chi connectivity index (χ2v) is 44.0. The number of rotatable bonds is 10. The lowest BCUT2D eigenvalue weighted by Gasteiger charge is -2.47. The summed E-state index contributed by atoms with van der Waals surface area (Å²) in [5, 5.41) is 10.9. The molecule has 2 aliphatic heterocycles. The molecule has 13 aromatic rings. The van der Waals surface area contributed by atoms with Crippen molar-refractivity contribution in [3.05, 3.63) is 322 Å². The van der Waals surface area contributed by atoms with Crippen LogP contribution in [0.4, 0.5) is 39.8 Å². The van der Waals surface area contributed by atoms with E-state index in [4.69, 9.17) is 6.57 Å². The standard InChI is InChI=1S/C116H123BN4/c1-108(2,3)85-50-81(51-86(65-85)109(4,5)6)95-59-79(75-42-35-37-72(49-75)71-118)60-96(82-52-87(110(7,8)9)66-88(53-82)111(10,11)12)106(95)120-101-47-45-77(73-38-31-29-32-39-73)63-99(101)117-100-64-78(74-40-33-30-34-41-74)46-48-102(100)121(104-70-93(116(25,26)27)69-103(120)105(104)117)107-97(83-54-89(112(13,14)15)67-90(55-83)113(16,17)18)61-80(76-43-36-44-94(58-76)119-28)62-98(107)84-56-91(114(19,20)21)68-92(57-84)115(22,23)24/h29-70H,1-27H3. The number of fused-ring (bicyclic) bond motifs is 4. The maximum atomic E-state index is 10.9. The summed E-state index contributed by atoms with van der Waals surface area (Å²) in [5.74, 6) is 0. The Morgan fingerprint density at radius 2 is 0.521 bits per heavy atom. The minimum atomic E-state index is -0.422. The van der Waals surface area contributed by atoms with E-state index >= 15 is 0 Å². The number of hydrogen-bond acceptors (Lipinski definition) is 3. The molecule has 4 nitrogen and oxygen atoms in total. The van der Waals surface area contributed by atoms with E-state index in [1.165, 1.54) is 66.5 Å². The molecule has 0 unspecified atom stereocenters. The number of nitriles is 1. The second-order valence-electron chi connectivity index (χ2n) is 44.0. The van der Waals surface area contributed by atoms with Crippen molar-refractivity contribution in [2.24, 2.45) is 0 Å². The van der Waals surface area contributed by atoms with Crippen LogP contribution >= 0.6 is 0 Å². The summed E-state index contributed by atoms with van der Waals surface area (Å²) in [7, 11) is 0. The van der Waals surface area contributed by atoms with Crippen LogP contribution in [0.1, 0.15) is 243 Å². The van der Waals surface area contributed by atoms with Crippen LogP contribution in [0, 0.1) is 17.9 Å². The molecule has 2 aliphatic rings. The molecule has 121 heavy (non-hydrogen) atoms. The maximum absolute atomic E-state index is 10.9. The molecular weight excluding hydrogens is 1460 g/mol. The van der Waals surface area contributed by atoms with Crippen LogP contribution in [0.5, 0.6) is 0 Å². The average Bonchev–Trinajstić information content (AvgIpc) is 0.683. The summed E-state index contributed by atoms with van der Waals surface area (Å²) in [4.78, 5) is 9.62. The fourth-order valence-corrected chi connectivity index (χ4v) is 17.6. The van der Waals surface area contributed by atoms with E-state index in [-0.39, 0.29) is 50.0 Å². The fourth-order valence-electron chi connectivity index (χ4n) is 17.6. The molecule has 0 aliphatic carbocycles. The normalized spacial score (nSPS) is 13.3. The van der Waals surface area contributed by atoms with E-state index < -0.39 is 5.41 Å². The monoisotopic (exact) mass is 1580 g/mol. The summed E-state index contributed by atoms with van der Waals surface area (Å²) in [6.45, 7) is 72.0. The van der Waals surface area contributed by atoms with Gasteiger partial charge in [-0.1, -0.05) is 375 Å². The lowest BCUT2D eigenvalue weighted by atomic mass is 9.33. The first-order valence-electron chi connectivity index (χ1n) is 43.7. The lowest BCUT2D eigenvalue weighted by molar-refractivity contribution is 0.568. The smallest absolute Gasteiger partial charge is 0.252 e. The van der Waals surface area contributed by atoms with Crippen molar-refractivity contribution in [2.45, 2.75) is 236 Å². The average molecular weight is 1580 g/mol. The summed E-state index contributed by atoms with van der Waals surface area (Å²) < 4.78 is 0. The van der Waals surface area contributed by atoms with Crippen LogP contribution in [0.15, 0.2) is 255 Å². The molecule has 2 heterocycles. The van der Waals surface area contributed by atoms with E-state index in [2.05, 4.69) is 444 Å². The van der Waals surface area contributed by atoms with Gasteiger partial charge in [-0.3, -0.25) is 0 Å². The van der Waals surface area contributed by atoms with Gasteiger partial charge in [0.25, 0.3) is 6.71 Å². The lowest BCUT2D eigenvalue weighted by Crippen LogP contribution is -2.61. The van der Waals surface area contributed by atoms with Crippen LogP contribution in [0.2, 0.25) is 0 Å². The van der Waals surface area contributed by atoms with Gasteiger partial charge in [-0.15, -0.1) is 0 Å². The van der Waals surface area contributed by atoms with Gasteiger partial charge in [0, 0.05) is 45.0 Å². The zero-order valence-electron chi connectivity index (χ0n) is 77.1. The van der Waals surface area contributed by atoms with Crippen LogP contribution in [0.3, 0.4) is 0 Å². The van der Waals surface area contributed by atoms with E-state index in [0.29, 0.717) is 11.3 Å². The van der Waals surface area contributed by atoms with E-state index in [1.54, 1.807) is 0 Å². The highest BCUT2D eigenvalue weighted by molar-refractivity contribution is 7.00. The van der Waals surface area contributed by atoms with Gasteiger partial charge >= 0.3 is 0 Å². The van der Waals surface area contributed by atoms with Crippen molar-refractivity contribution < 1.29 is 0 Å². The number of hydrogen-bond donors (Lipinski definition) is 0. The van der Waals surface area contributed by atoms with Gasteiger partial charge in [-0.25, -0.2) is 4.85 Å². The molecule has 0 amide bonds. The van der Waals surface area contributed by atoms with Gasteiger partial charge in [0.05, 0.1) is 29.6 Å². The summed E-state index contributed by atoms with van der Waals surface area (Å²) >= 11 is 0. The molecule has 15 rings (SSSR count). The Morgan fingerprint density at radius 1 is 0.248 bits per heavy atom. The van der Waals surface area contributed by atoms with Crippen LogP contribution in [0.25, 0.3) is 93.9 Å². The Hall–Kier alpha value is -11.5. The predicted molar refractivity (Wildman–Crippen MR) is 523 cm³/mol. The third kappa shape index (κ3) is 16.6. The Kier molecular flexibility index (Phi) is 21.2. The molecule has 13 aromatic carbocycles. The molecule has 0 fully saturated rings. The molecule has 0 saturated heterocycles. The molecule has 5 heteroatoms. The molecule has 0 spiro atoms. The first kappa shape index (κ1) is 84.5. The van der Waals surface area contributed by atoms with Gasteiger partial charge in [0.2, 0.25) is 0 Å². The molecule has 0 aromatic heterocycles. The Morgan fingerprint density at radius 3 is 0.810 bits per heavy atom. The minimum Gasteiger partial charge on any atom is -0.310 e. The Labute approximate surface area is 725 Å². The Balaban J connectivity index is 1.23.